The smallest absolute Gasteiger partial charge is 0.198 e. The second kappa shape index (κ2) is 7.04. The highest BCUT2D eigenvalue weighted by Gasteiger charge is 2.36. The van der Waals surface area contributed by atoms with E-state index in [1.165, 1.54) is 13.8 Å². The summed E-state index contributed by atoms with van der Waals surface area (Å²) < 4.78 is 52.4. The molecule has 5 nitrogen and oxygen atoms in total. The van der Waals surface area contributed by atoms with E-state index in [9.17, 15) is 16.8 Å². The molecule has 116 valence electrons. The van der Waals surface area contributed by atoms with Crippen molar-refractivity contribution in [2.24, 2.45) is 11.8 Å². The van der Waals surface area contributed by atoms with Gasteiger partial charge in [-0.1, -0.05) is 40.5 Å². The van der Waals surface area contributed by atoms with Gasteiger partial charge in [0.2, 0.25) is 0 Å². The minimum atomic E-state index is -4.10. The molecule has 0 rings (SSSR count). The lowest BCUT2D eigenvalue weighted by molar-refractivity contribution is 0.411. The topological polar surface area (TPSA) is 77.5 Å². The third-order valence-electron chi connectivity index (χ3n) is 3.99. The highest BCUT2D eigenvalue weighted by atomic mass is 32.3. The van der Waals surface area contributed by atoms with Crippen molar-refractivity contribution in [1.82, 2.24) is 0 Å². The van der Waals surface area contributed by atoms with Gasteiger partial charge < -0.3 is 0 Å². The van der Waals surface area contributed by atoms with Crippen molar-refractivity contribution >= 4 is 20.2 Å². The van der Waals surface area contributed by atoms with Crippen molar-refractivity contribution in [3.05, 3.63) is 0 Å². The van der Waals surface area contributed by atoms with E-state index in [1.54, 1.807) is 13.8 Å². The van der Waals surface area contributed by atoms with Crippen molar-refractivity contribution in [2.75, 3.05) is 0 Å². The molecule has 4 unspecified atom stereocenters. The van der Waals surface area contributed by atoms with Crippen LogP contribution < -0.4 is 0 Å². The largest absolute Gasteiger partial charge is 0.284 e. The monoisotopic (exact) mass is 314 g/mol. The third-order valence-corrected chi connectivity index (χ3v) is 8.26. The molecule has 0 aliphatic rings. The summed E-state index contributed by atoms with van der Waals surface area (Å²) in [6, 6.07) is 0. The van der Waals surface area contributed by atoms with E-state index in [1.807, 2.05) is 13.8 Å². The Labute approximate surface area is 118 Å². The maximum Gasteiger partial charge on any atom is 0.284 e. The average Bonchev–Trinajstić information content (AvgIpc) is 2.33. The molecular formula is C12H26O5S2. The standard InChI is InChI=1S/C12H26O5S2/c1-7-9(3)11(5)18(13,14)17-19(15,16)12(6)10(4)8-2/h9-12H,7-8H2,1-6H3. The van der Waals surface area contributed by atoms with Crippen molar-refractivity contribution in [2.45, 2.75) is 64.9 Å². The molecule has 0 bridgehead atoms. The van der Waals surface area contributed by atoms with Crippen LogP contribution in [0, 0.1) is 11.8 Å². The van der Waals surface area contributed by atoms with Crippen molar-refractivity contribution in [3.63, 3.8) is 0 Å². The molecule has 0 aromatic carbocycles. The van der Waals surface area contributed by atoms with Crippen molar-refractivity contribution in [3.8, 4) is 0 Å². The van der Waals surface area contributed by atoms with Gasteiger partial charge in [0.05, 0.1) is 10.5 Å². The fourth-order valence-corrected chi connectivity index (χ4v) is 5.06. The molecule has 0 saturated heterocycles. The lowest BCUT2D eigenvalue weighted by Gasteiger charge is -2.21. The van der Waals surface area contributed by atoms with E-state index in [4.69, 9.17) is 0 Å². The maximum atomic E-state index is 12.0. The minimum Gasteiger partial charge on any atom is -0.198 e. The van der Waals surface area contributed by atoms with Crippen LogP contribution in [0.4, 0.5) is 0 Å². The second-order valence-electron chi connectivity index (χ2n) is 5.23. The summed E-state index contributed by atoms with van der Waals surface area (Å²) in [6.07, 6.45) is 1.29. The van der Waals surface area contributed by atoms with Gasteiger partial charge in [-0.15, -0.1) is 3.63 Å². The van der Waals surface area contributed by atoms with Gasteiger partial charge in [0.15, 0.2) is 0 Å². The van der Waals surface area contributed by atoms with Gasteiger partial charge in [0.25, 0.3) is 20.2 Å². The summed E-state index contributed by atoms with van der Waals surface area (Å²) >= 11 is 0. The summed E-state index contributed by atoms with van der Waals surface area (Å²) in [5, 5.41) is -1.67. The molecule has 0 aliphatic carbocycles. The van der Waals surface area contributed by atoms with Gasteiger partial charge in [-0.3, -0.25) is 0 Å². The zero-order valence-corrected chi connectivity index (χ0v) is 14.2. The van der Waals surface area contributed by atoms with Crippen LogP contribution in [0.3, 0.4) is 0 Å². The quantitative estimate of drug-likeness (QED) is 0.688. The number of rotatable bonds is 8. The molecular weight excluding hydrogens is 288 g/mol. The summed E-state index contributed by atoms with van der Waals surface area (Å²) in [5.74, 6) is -0.307. The van der Waals surface area contributed by atoms with Crippen LogP contribution in [0.5, 0.6) is 0 Å². The van der Waals surface area contributed by atoms with Crippen LogP contribution >= 0.6 is 0 Å². The fraction of sp³-hybridized carbons (Fsp3) is 1.00. The Kier molecular flexibility index (Phi) is 6.99. The predicted molar refractivity (Wildman–Crippen MR) is 76.8 cm³/mol. The SMILES string of the molecule is CCC(C)C(C)S(=O)(=O)OS(=O)(=O)C(C)C(C)CC. The third kappa shape index (κ3) is 5.04. The Balaban J connectivity index is 5.13. The molecule has 0 amide bonds. The van der Waals surface area contributed by atoms with Crippen LogP contribution in [-0.4, -0.2) is 27.3 Å². The summed E-state index contributed by atoms with van der Waals surface area (Å²) in [5.41, 5.74) is 0. The van der Waals surface area contributed by atoms with Crippen LogP contribution in [0.25, 0.3) is 0 Å². The summed E-state index contributed by atoms with van der Waals surface area (Å²) in [7, 11) is -8.21. The summed E-state index contributed by atoms with van der Waals surface area (Å²) in [6.45, 7) is 10.2. The molecule has 4 atom stereocenters. The molecule has 0 spiro atoms. The zero-order valence-electron chi connectivity index (χ0n) is 12.6. The highest BCUT2D eigenvalue weighted by Crippen LogP contribution is 2.23. The van der Waals surface area contributed by atoms with Crippen LogP contribution in [0.2, 0.25) is 0 Å². The van der Waals surface area contributed by atoms with Gasteiger partial charge in [-0.25, -0.2) is 0 Å². The van der Waals surface area contributed by atoms with E-state index in [0.717, 1.165) is 0 Å². The Morgan fingerprint density at radius 3 is 1.21 bits per heavy atom. The van der Waals surface area contributed by atoms with Gasteiger partial charge in [-0.2, -0.15) is 16.8 Å². The van der Waals surface area contributed by atoms with Crippen LogP contribution in [-0.2, 0) is 23.9 Å². The Morgan fingerprint density at radius 1 is 0.737 bits per heavy atom. The van der Waals surface area contributed by atoms with Crippen LogP contribution in [0.1, 0.15) is 54.4 Å². The predicted octanol–water partition coefficient (Wildman–Crippen LogP) is 2.53. The molecule has 0 radical (unpaired) electrons. The van der Waals surface area contributed by atoms with E-state index < -0.39 is 30.7 Å². The first-order chi connectivity index (χ1) is 8.49. The molecule has 0 aromatic heterocycles. The number of hydrogen-bond donors (Lipinski definition) is 0. The van der Waals surface area contributed by atoms with E-state index in [-0.39, 0.29) is 11.8 Å². The molecule has 0 saturated carbocycles. The molecule has 19 heavy (non-hydrogen) atoms. The number of hydrogen-bond acceptors (Lipinski definition) is 5. The van der Waals surface area contributed by atoms with Crippen molar-refractivity contribution < 1.29 is 20.5 Å². The van der Waals surface area contributed by atoms with Gasteiger partial charge in [0, 0.05) is 0 Å². The van der Waals surface area contributed by atoms with Gasteiger partial charge in [0.1, 0.15) is 0 Å². The van der Waals surface area contributed by atoms with E-state index in [2.05, 4.69) is 3.63 Å². The van der Waals surface area contributed by atoms with Crippen LogP contribution in [0.15, 0.2) is 0 Å². The zero-order chi connectivity index (χ0) is 15.4. The lowest BCUT2D eigenvalue weighted by atomic mass is 10.1. The molecule has 7 heteroatoms. The molecule has 0 fully saturated rings. The summed E-state index contributed by atoms with van der Waals surface area (Å²) in [4.78, 5) is 0. The first-order valence-corrected chi connectivity index (χ1v) is 9.62. The Morgan fingerprint density at radius 2 is 1.00 bits per heavy atom. The first-order valence-electron chi connectivity index (χ1n) is 6.68. The maximum absolute atomic E-state index is 12.0. The van der Waals surface area contributed by atoms with Gasteiger partial charge in [-0.05, 0) is 25.7 Å². The minimum absolute atomic E-state index is 0.154. The fourth-order valence-electron chi connectivity index (χ4n) is 1.49. The van der Waals surface area contributed by atoms with Gasteiger partial charge >= 0.3 is 0 Å². The van der Waals surface area contributed by atoms with E-state index in [0.29, 0.717) is 12.8 Å². The molecule has 0 heterocycles. The average molecular weight is 314 g/mol. The Hall–Kier alpha value is -0.140. The Bertz CT molecular complexity index is 422. The highest BCUT2D eigenvalue weighted by molar-refractivity contribution is 8.00. The van der Waals surface area contributed by atoms with E-state index >= 15 is 0 Å². The second-order valence-corrected chi connectivity index (χ2v) is 9.24. The molecule has 0 aromatic rings. The first kappa shape index (κ1) is 18.9. The normalized spacial score (nSPS) is 19.7. The lowest BCUT2D eigenvalue weighted by Crippen LogP contribution is -2.34. The molecule has 0 N–H and O–H groups in total. The molecule has 0 aliphatic heterocycles. The van der Waals surface area contributed by atoms with Crippen molar-refractivity contribution in [1.29, 1.82) is 0 Å².